The molecule has 0 bridgehead atoms. The lowest BCUT2D eigenvalue weighted by Gasteiger charge is -2.08. The van der Waals surface area contributed by atoms with Crippen molar-refractivity contribution < 1.29 is 4.79 Å². The topological polar surface area (TPSA) is 48.0 Å². The first-order valence-corrected chi connectivity index (χ1v) is 6.69. The number of nitrogens with two attached hydrogens (primary N) is 1. The van der Waals surface area contributed by atoms with Gasteiger partial charge in [0, 0.05) is 28.7 Å². The third kappa shape index (κ3) is 1.97. The molecule has 0 atom stereocenters. The highest BCUT2D eigenvalue weighted by molar-refractivity contribution is 5.98. The van der Waals surface area contributed by atoms with E-state index in [4.69, 9.17) is 5.73 Å². The molecule has 0 spiro atoms. The molecule has 0 aliphatic heterocycles. The maximum Gasteiger partial charge on any atom is 0.248 e. The molecule has 0 saturated carbocycles. The molecule has 1 heterocycles. The highest BCUT2D eigenvalue weighted by Crippen LogP contribution is 2.28. The Morgan fingerprint density at radius 3 is 2.50 bits per heavy atom. The van der Waals surface area contributed by atoms with Gasteiger partial charge >= 0.3 is 0 Å². The molecule has 20 heavy (non-hydrogen) atoms. The van der Waals surface area contributed by atoms with Gasteiger partial charge < -0.3 is 10.3 Å². The molecule has 3 heteroatoms. The molecule has 2 aromatic carbocycles. The number of aromatic nitrogens is 1. The molecule has 100 valence electrons. The second-order valence-corrected chi connectivity index (χ2v) is 4.78. The number of carbonyl (C=O) groups excluding carboxylic acids is 1. The van der Waals surface area contributed by atoms with Crippen LogP contribution in [-0.4, -0.2) is 10.5 Å². The van der Waals surface area contributed by atoms with Crippen molar-refractivity contribution in [2.24, 2.45) is 5.73 Å². The van der Waals surface area contributed by atoms with Crippen LogP contribution in [0.4, 0.5) is 0 Å². The SMILES string of the molecule is CCn1c(-c2ccccc2)cc2cc(C(N)=O)ccc21. The first-order chi connectivity index (χ1) is 9.70. The summed E-state index contributed by atoms with van der Waals surface area (Å²) < 4.78 is 2.25. The van der Waals surface area contributed by atoms with E-state index in [2.05, 4.69) is 29.7 Å². The van der Waals surface area contributed by atoms with E-state index in [1.807, 2.05) is 30.3 Å². The molecule has 1 amide bonds. The van der Waals surface area contributed by atoms with Crippen LogP contribution in [0.3, 0.4) is 0 Å². The van der Waals surface area contributed by atoms with Crippen molar-refractivity contribution in [3.63, 3.8) is 0 Å². The maximum atomic E-state index is 11.3. The fourth-order valence-corrected chi connectivity index (χ4v) is 2.61. The highest BCUT2D eigenvalue weighted by Gasteiger charge is 2.11. The van der Waals surface area contributed by atoms with Crippen molar-refractivity contribution >= 4 is 16.8 Å². The van der Waals surface area contributed by atoms with E-state index in [1.54, 1.807) is 6.07 Å². The van der Waals surface area contributed by atoms with E-state index in [0.717, 1.165) is 23.1 Å². The van der Waals surface area contributed by atoms with E-state index < -0.39 is 5.91 Å². The van der Waals surface area contributed by atoms with Gasteiger partial charge in [-0.3, -0.25) is 4.79 Å². The van der Waals surface area contributed by atoms with Crippen LogP contribution in [0.5, 0.6) is 0 Å². The Balaban J connectivity index is 2.25. The molecular formula is C17H16N2O. The van der Waals surface area contributed by atoms with Crippen LogP contribution in [0.1, 0.15) is 17.3 Å². The minimum atomic E-state index is -0.391. The van der Waals surface area contributed by atoms with Crippen LogP contribution in [0.25, 0.3) is 22.2 Å². The Morgan fingerprint density at radius 1 is 1.10 bits per heavy atom. The van der Waals surface area contributed by atoms with Gasteiger partial charge in [-0.15, -0.1) is 0 Å². The Hall–Kier alpha value is -2.55. The van der Waals surface area contributed by atoms with Gasteiger partial charge in [-0.25, -0.2) is 0 Å². The zero-order valence-corrected chi connectivity index (χ0v) is 11.3. The Bertz CT molecular complexity index is 772. The largest absolute Gasteiger partial charge is 0.366 e. The number of fused-ring (bicyclic) bond motifs is 1. The second kappa shape index (κ2) is 4.85. The summed E-state index contributed by atoms with van der Waals surface area (Å²) in [6.07, 6.45) is 0. The highest BCUT2D eigenvalue weighted by atomic mass is 16.1. The zero-order chi connectivity index (χ0) is 14.1. The van der Waals surface area contributed by atoms with Crippen molar-refractivity contribution in [2.75, 3.05) is 0 Å². The van der Waals surface area contributed by atoms with E-state index in [-0.39, 0.29) is 0 Å². The molecule has 0 aliphatic rings. The minimum Gasteiger partial charge on any atom is -0.366 e. The molecule has 3 nitrogen and oxygen atoms in total. The second-order valence-electron chi connectivity index (χ2n) is 4.78. The van der Waals surface area contributed by atoms with E-state index >= 15 is 0 Å². The van der Waals surface area contributed by atoms with Crippen LogP contribution in [0.2, 0.25) is 0 Å². The molecule has 0 unspecified atom stereocenters. The number of aryl methyl sites for hydroxylation is 1. The smallest absolute Gasteiger partial charge is 0.248 e. The first-order valence-electron chi connectivity index (χ1n) is 6.69. The van der Waals surface area contributed by atoms with Crippen molar-refractivity contribution in [3.05, 3.63) is 60.2 Å². The quantitative estimate of drug-likeness (QED) is 0.774. The predicted octanol–water partition coefficient (Wildman–Crippen LogP) is 3.43. The van der Waals surface area contributed by atoms with E-state index in [9.17, 15) is 4.79 Å². The van der Waals surface area contributed by atoms with Crippen molar-refractivity contribution in [1.29, 1.82) is 0 Å². The number of primary amides is 1. The normalized spacial score (nSPS) is 10.8. The fourth-order valence-electron chi connectivity index (χ4n) is 2.61. The third-order valence-electron chi connectivity index (χ3n) is 3.57. The van der Waals surface area contributed by atoms with Gasteiger partial charge in [-0.1, -0.05) is 30.3 Å². The molecular weight excluding hydrogens is 248 g/mol. The number of amides is 1. The molecule has 3 aromatic rings. The van der Waals surface area contributed by atoms with Crippen LogP contribution in [0.15, 0.2) is 54.6 Å². The standard InChI is InChI=1S/C17H16N2O/c1-2-19-15-9-8-13(17(18)20)10-14(15)11-16(19)12-6-4-3-5-7-12/h3-11H,2H2,1H3,(H2,18,20). The molecule has 0 aliphatic carbocycles. The summed E-state index contributed by atoms with van der Waals surface area (Å²) in [7, 11) is 0. The summed E-state index contributed by atoms with van der Waals surface area (Å²) in [6.45, 7) is 3.00. The summed E-state index contributed by atoms with van der Waals surface area (Å²) in [5, 5.41) is 1.04. The molecule has 0 fully saturated rings. The van der Waals surface area contributed by atoms with Gasteiger partial charge in [-0.2, -0.15) is 0 Å². The van der Waals surface area contributed by atoms with Crippen molar-refractivity contribution in [1.82, 2.24) is 4.57 Å². The first kappa shape index (κ1) is 12.5. The molecule has 0 saturated heterocycles. The number of hydrogen-bond acceptors (Lipinski definition) is 1. The van der Waals surface area contributed by atoms with Gasteiger partial charge in [-0.05, 0) is 36.8 Å². The van der Waals surface area contributed by atoms with Crippen molar-refractivity contribution in [2.45, 2.75) is 13.5 Å². The van der Waals surface area contributed by atoms with Gasteiger partial charge in [0.05, 0.1) is 0 Å². The van der Waals surface area contributed by atoms with Crippen LogP contribution >= 0.6 is 0 Å². The van der Waals surface area contributed by atoms with Gasteiger partial charge in [0.1, 0.15) is 0 Å². The van der Waals surface area contributed by atoms with Gasteiger partial charge in [0.2, 0.25) is 5.91 Å². The number of carbonyl (C=O) groups is 1. The maximum absolute atomic E-state index is 11.3. The summed E-state index contributed by atoms with van der Waals surface area (Å²) in [6, 6.07) is 18.0. The molecule has 1 aromatic heterocycles. The number of benzene rings is 2. The summed E-state index contributed by atoms with van der Waals surface area (Å²) in [5.41, 5.74) is 9.35. The van der Waals surface area contributed by atoms with Gasteiger partial charge in [0.15, 0.2) is 0 Å². The lowest BCUT2D eigenvalue weighted by Crippen LogP contribution is -2.10. The number of rotatable bonds is 3. The van der Waals surface area contributed by atoms with Gasteiger partial charge in [0.25, 0.3) is 0 Å². The van der Waals surface area contributed by atoms with Crippen LogP contribution < -0.4 is 5.73 Å². The number of hydrogen-bond donors (Lipinski definition) is 1. The molecule has 0 radical (unpaired) electrons. The Morgan fingerprint density at radius 2 is 1.85 bits per heavy atom. The minimum absolute atomic E-state index is 0.391. The third-order valence-corrected chi connectivity index (χ3v) is 3.57. The predicted molar refractivity (Wildman–Crippen MR) is 81.6 cm³/mol. The zero-order valence-electron chi connectivity index (χ0n) is 11.3. The monoisotopic (exact) mass is 264 g/mol. The summed E-state index contributed by atoms with van der Waals surface area (Å²) in [5.74, 6) is -0.391. The Kier molecular flexibility index (Phi) is 3.03. The van der Waals surface area contributed by atoms with Crippen LogP contribution in [-0.2, 0) is 6.54 Å². The summed E-state index contributed by atoms with van der Waals surface area (Å²) >= 11 is 0. The van der Waals surface area contributed by atoms with Crippen molar-refractivity contribution in [3.8, 4) is 11.3 Å². The molecule has 3 rings (SSSR count). The van der Waals surface area contributed by atoms with E-state index in [0.29, 0.717) is 5.56 Å². The Labute approximate surface area is 117 Å². The fraction of sp³-hybridized carbons (Fsp3) is 0.118. The molecule has 2 N–H and O–H groups in total. The average Bonchev–Trinajstić information content (AvgIpc) is 2.85. The van der Waals surface area contributed by atoms with E-state index in [1.165, 1.54) is 5.56 Å². The van der Waals surface area contributed by atoms with Crippen LogP contribution in [0, 0.1) is 0 Å². The lowest BCUT2D eigenvalue weighted by molar-refractivity contribution is 0.100. The lowest BCUT2D eigenvalue weighted by atomic mass is 10.1. The number of nitrogens with zero attached hydrogens (tertiary/aromatic N) is 1. The average molecular weight is 264 g/mol. The summed E-state index contributed by atoms with van der Waals surface area (Å²) in [4.78, 5) is 11.3.